The van der Waals surface area contributed by atoms with Crippen molar-refractivity contribution < 1.29 is 4.74 Å². The van der Waals surface area contributed by atoms with Gasteiger partial charge in [-0.1, -0.05) is 17.7 Å². The van der Waals surface area contributed by atoms with E-state index in [1.165, 1.54) is 36.0 Å². The predicted octanol–water partition coefficient (Wildman–Crippen LogP) is 4.32. The van der Waals surface area contributed by atoms with E-state index in [1.807, 2.05) is 0 Å². The summed E-state index contributed by atoms with van der Waals surface area (Å²) in [6.45, 7) is 9.01. The molecule has 4 rings (SSSR count). The first-order valence-electron chi connectivity index (χ1n) is 7.44. The maximum absolute atomic E-state index is 6.38. The van der Waals surface area contributed by atoms with Crippen molar-refractivity contribution in [3.63, 3.8) is 0 Å². The molecule has 0 radical (unpaired) electrons. The fourth-order valence-corrected chi connectivity index (χ4v) is 4.86. The molecule has 1 aliphatic heterocycles. The number of hydrogen-bond donors (Lipinski definition) is 0. The Kier molecular flexibility index (Phi) is 1.98. The standard InChI is InChI=1S/C18H22O/c1-11-5-6-15-17(3,4)19-14-8-12(2)7-13-10-18(15,9-11)16(13)14/h7-9,15H,5-6,10H2,1-4H3/t15-,18-/m0/s1. The molecule has 1 heterocycles. The quantitative estimate of drug-likeness (QED) is 0.627. The van der Waals surface area contributed by atoms with Crippen molar-refractivity contribution in [2.24, 2.45) is 5.92 Å². The van der Waals surface area contributed by atoms with Gasteiger partial charge < -0.3 is 4.74 Å². The Morgan fingerprint density at radius 1 is 1.21 bits per heavy atom. The monoisotopic (exact) mass is 254 g/mol. The molecule has 0 aromatic heterocycles. The molecule has 1 nitrogen and oxygen atoms in total. The van der Waals surface area contributed by atoms with Gasteiger partial charge >= 0.3 is 0 Å². The second kappa shape index (κ2) is 3.26. The summed E-state index contributed by atoms with van der Waals surface area (Å²) in [6, 6.07) is 4.58. The van der Waals surface area contributed by atoms with Gasteiger partial charge in [0.25, 0.3) is 0 Å². The molecule has 1 aromatic carbocycles. The molecule has 0 unspecified atom stereocenters. The molecule has 1 spiro atoms. The van der Waals surface area contributed by atoms with Crippen molar-refractivity contribution in [3.05, 3.63) is 40.5 Å². The summed E-state index contributed by atoms with van der Waals surface area (Å²) in [4.78, 5) is 0. The smallest absolute Gasteiger partial charge is 0.124 e. The van der Waals surface area contributed by atoms with Crippen LogP contribution in [-0.2, 0) is 11.8 Å². The zero-order valence-corrected chi connectivity index (χ0v) is 12.3. The number of allylic oxidation sites excluding steroid dienone is 2. The Balaban J connectivity index is 2.00. The highest BCUT2D eigenvalue weighted by molar-refractivity contribution is 5.61. The van der Waals surface area contributed by atoms with Gasteiger partial charge in [0.1, 0.15) is 11.4 Å². The molecule has 100 valence electrons. The normalized spacial score (nSPS) is 33.5. The van der Waals surface area contributed by atoms with Crippen LogP contribution in [0.1, 0.15) is 50.3 Å². The van der Waals surface area contributed by atoms with Crippen molar-refractivity contribution >= 4 is 0 Å². The summed E-state index contributed by atoms with van der Waals surface area (Å²) in [6.07, 6.45) is 6.27. The van der Waals surface area contributed by atoms with Crippen LogP contribution in [0.2, 0.25) is 0 Å². The van der Waals surface area contributed by atoms with E-state index in [9.17, 15) is 0 Å². The van der Waals surface area contributed by atoms with Crippen LogP contribution >= 0.6 is 0 Å². The number of aryl methyl sites for hydroxylation is 1. The number of ether oxygens (including phenoxy) is 1. The predicted molar refractivity (Wildman–Crippen MR) is 77.7 cm³/mol. The third-order valence-corrected chi connectivity index (χ3v) is 5.44. The maximum atomic E-state index is 6.38. The summed E-state index contributed by atoms with van der Waals surface area (Å²) in [7, 11) is 0. The van der Waals surface area contributed by atoms with Gasteiger partial charge in [-0.25, -0.2) is 0 Å². The summed E-state index contributed by atoms with van der Waals surface area (Å²) in [5.74, 6) is 1.78. The number of hydrogen-bond acceptors (Lipinski definition) is 1. The highest BCUT2D eigenvalue weighted by Gasteiger charge is 2.58. The van der Waals surface area contributed by atoms with Gasteiger partial charge in [-0.2, -0.15) is 0 Å². The van der Waals surface area contributed by atoms with E-state index in [-0.39, 0.29) is 11.0 Å². The first-order valence-corrected chi connectivity index (χ1v) is 7.44. The van der Waals surface area contributed by atoms with Crippen LogP contribution in [0.5, 0.6) is 5.75 Å². The SMILES string of the molecule is CC1=C[C@@]23Cc4cc(C)cc(c42)OC(C)(C)[C@@H]3CC1. The zero-order chi connectivity index (χ0) is 13.4. The largest absolute Gasteiger partial charge is 0.487 e. The molecule has 0 N–H and O–H groups in total. The van der Waals surface area contributed by atoms with Crippen molar-refractivity contribution in [1.82, 2.24) is 0 Å². The molecule has 19 heavy (non-hydrogen) atoms. The molecule has 0 fully saturated rings. The van der Waals surface area contributed by atoms with Gasteiger partial charge in [-0.05, 0) is 64.2 Å². The van der Waals surface area contributed by atoms with Crippen LogP contribution in [0, 0.1) is 12.8 Å². The third-order valence-electron chi connectivity index (χ3n) is 5.44. The van der Waals surface area contributed by atoms with Crippen LogP contribution in [0.3, 0.4) is 0 Å². The molecular weight excluding hydrogens is 232 g/mol. The van der Waals surface area contributed by atoms with Crippen LogP contribution in [0.4, 0.5) is 0 Å². The fourth-order valence-electron chi connectivity index (χ4n) is 4.86. The lowest BCUT2D eigenvalue weighted by Gasteiger charge is -2.59. The average Bonchev–Trinajstić information content (AvgIpc) is 2.24. The van der Waals surface area contributed by atoms with Gasteiger partial charge in [-0.15, -0.1) is 0 Å². The minimum Gasteiger partial charge on any atom is -0.487 e. The molecule has 0 amide bonds. The highest BCUT2D eigenvalue weighted by Crippen LogP contribution is 2.62. The Hall–Kier alpha value is -1.24. The van der Waals surface area contributed by atoms with E-state index >= 15 is 0 Å². The first kappa shape index (κ1) is 11.6. The lowest BCUT2D eigenvalue weighted by atomic mass is 9.49. The van der Waals surface area contributed by atoms with Crippen molar-refractivity contribution in [2.75, 3.05) is 0 Å². The van der Waals surface area contributed by atoms with Crippen LogP contribution in [0.25, 0.3) is 0 Å². The molecule has 0 bridgehead atoms. The molecule has 0 saturated heterocycles. The summed E-state index contributed by atoms with van der Waals surface area (Å²) < 4.78 is 6.38. The van der Waals surface area contributed by atoms with Crippen molar-refractivity contribution in [2.45, 2.75) is 58.0 Å². The minimum absolute atomic E-state index is 0.0459. The summed E-state index contributed by atoms with van der Waals surface area (Å²) in [5.41, 5.74) is 6.14. The molecule has 3 aliphatic rings. The van der Waals surface area contributed by atoms with Gasteiger partial charge in [0.2, 0.25) is 0 Å². The van der Waals surface area contributed by atoms with E-state index in [0.717, 1.165) is 5.75 Å². The maximum Gasteiger partial charge on any atom is 0.124 e. The second-order valence-corrected chi connectivity index (χ2v) is 7.30. The molecule has 1 aromatic rings. The van der Waals surface area contributed by atoms with Crippen molar-refractivity contribution in [1.29, 1.82) is 0 Å². The van der Waals surface area contributed by atoms with E-state index in [2.05, 4.69) is 45.9 Å². The molecule has 1 heteroatoms. The van der Waals surface area contributed by atoms with Gasteiger partial charge in [0.05, 0.1) is 0 Å². The fraction of sp³-hybridized carbons (Fsp3) is 0.556. The zero-order valence-electron chi connectivity index (χ0n) is 12.3. The topological polar surface area (TPSA) is 9.23 Å². The van der Waals surface area contributed by atoms with Gasteiger partial charge in [-0.3, -0.25) is 0 Å². The van der Waals surface area contributed by atoms with E-state index in [1.54, 1.807) is 5.57 Å². The average molecular weight is 254 g/mol. The van der Waals surface area contributed by atoms with Crippen LogP contribution < -0.4 is 4.74 Å². The molecular formula is C18H22O. The number of rotatable bonds is 0. The molecule has 0 saturated carbocycles. The number of benzene rings is 1. The van der Waals surface area contributed by atoms with Crippen LogP contribution in [0.15, 0.2) is 23.8 Å². The Morgan fingerprint density at radius 2 is 2.00 bits per heavy atom. The Bertz CT molecular complexity index is 608. The van der Waals surface area contributed by atoms with Crippen molar-refractivity contribution in [3.8, 4) is 5.75 Å². The molecule has 2 atom stereocenters. The second-order valence-electron chi connectivity index (χ2n) is 7.30. The summed E-state index contributed by atoms with van der Waals surface area (Å²) >= 11 is 0. The Labute approximate surface area is 115 Å². The van der Waals surface area contributed by atoms with Gasteiger partial charge in [0.15, 0.2) is 0 Å². The lowest BCUT2D eigenvalue weighted by Crippen LogP contribution is -2.59. The minimum atomic E-state index is -0.0459. The molecule has 2 aliphatic carbocycles. The van der Waals surface area contributed by atoms with Gasteiger partial charge in [0, 0.05) is 16.9 Å². The first-order chi connectivity index (χ1) is 8.92. The Morgan fingerprint density at radius 3 is 2.79 bits per heavy atom. The lowest BCUT2D eigenvalue weighted by molar-refractivity contribution is -0.0279. The van der Waals surface area contributed by atoms with E-state index in [0.29, 0.717) is 5.92 Å². The third kappa shape index (κ3) is 1.31. The summed E-state index contributed by atoms with van der Waals surface area (Å²) in [5, 5.41) is 0. The van der Waals surface area contributed by atoms with E-state index in [4.69, 9.17) is 4.74 Å². The van der Waals surface area contributed by atoms with E-state index < -0.39 is 0 Å². The highest BCUT2D eigenvalue weighted by atomic mass is 16.5. The van der Waals surface area contributed by atoms with Crippen LogP contribution in [-0.4, -0.2) is 5.60 Å².